The topological polar surface area (TPSA) is 29.5 Å². The van der Waals surface area contributed by atoms with Crippen LogP contribution in [0, 0.1) is 0 Å². The van der Waals surface area contributed by atoms with E-state index in [2.05, 4.69) is 12.1 Å². The fourth-order valence-corrected chi connectivity index (χ4v) is 2.17. The van der Waals surface area contributed by atoms with Crippen LogP contribution in [0.15, 0.2) is 24.3 Å². The van der Waals surface area contributed by atoms with Crippen molar-refractivity contribution in [3.05, 3.63) is 35.4 Å². The van der Waals surface area contributed by atoms with Gasteiger partial charge in [0.25, 0.3) is 0 Å². The molecule has 1 fully saturated rings. The first-order valence-corrected chi connectivity index (χ1v) is 5.80. The van der Waals surface area contributed by atoms with E-state index < -0.39 is 5.60 Å². The maximum Gasteiger partial charge on any atom is 0.0840 e. The molecule has 0 heterocycles. The van der Waals surface area contributed by atoms with E-state index in [1.165, 1.54) is 18.4 Å². The van der Waals surface area contributed by atoms with Crippen molar-refractivity contribution in [3.63, 3.8) is 0 Å². The predicted molar refractivity (Wildman–Crippen MR) is 64.5 cm³/mol. The maximum absolute atomic E-state index is 10.00. The summed E-state index contributed by atoms with van der Waals surface area (Å²) in [6.45, 7) is 4.42. The third kappa shape index (κ3) is 2.13. The fraction of sp³-hybridized carbons (Fsp3) is 0.571. The van der Waals surface area contributed by atoms with E-state index in [4.69, 9.17) is 4.74 Å². The van der Waals surface area contributed by atoms with Crippen molar-refractivity contribution in [2.75, 3.05) is 13.7 Å². The average Bonchev–Trinajstić information content (AvgIpc) is 2.99. The Hall–Kier alpha value is -0.860. The van der Waals surface area contributed by atoms with Gasteiger partial charge in [-0.2, -0.15) is 0 Å². The molecule has 0 unspecified atom stereocenters. The minimum atomic E-state index is -0.765. The van der Waals surface area contributed by atoms with Gasteiger partial charge >= 0.3 is 0 Å². The fourth-order valence-electron chi connectivity index (χ4n) is 2.17. The molecule has 0 aliphatic heterocycles. The van der Waals surface area contributed by atoms with Gasteiger partial charge in [-0.25, -0.2) is 0 Å². The lowest BCUT2D eigenvalue weighted by Crippen LogP contribution is -2.18. The van der Waals surface area contributed by atoms with Crippen LogP contribution in [0.1, 0.15) is 37.8 Å². The molecule has 0 aromatic heterocycles. The SMILES string of the molecule is COCC1(c2cccc(C(C)(C)O)c2)CC1. The van der Waals surface area contributed by atoms with Crippen LogP contribution in [-0.4, -0.2) is 18.8 Å². The highest BCUT2D eigenvalue weighted by Crippen LogP contribution is 2.48. The number of aliphatic hydroxyl groups is 1. The molecular formula is C14H20O2. The summed E-state index contributed by atoms with van der Waals surface area (Å²) in [4.78, 5) is 0. The summed E-state index contributed by atoms with van der Waals surface area (Å²) >= 11 is 0. The molecule has 1 aliphatic carbocycles. The van der Waals surface area contributed by atoms with Crippen LogP contribution in [-0.2, 0) is 15.8 Å². The largest absolute Gasteiger partial charge is 0.386 e. The number of benzene rings is 1. The van der Waals surface area contributed by atoms with Crippen LogP contribution in [0.5, 0.6) is 0 Å². The van der Waals surface area contributed by atoms with Gasteiger partial charge in [-0.05, 0) is 37.8 Å². The monoisotopic (exact) mass is 220 g/mol. The maximum atomic E-state index is 10.00. The van der Waals surface area contributed by atoms with Gasteiger partial charge in [0.05, 0.1) is 12.2 Å². The number of methoxy groups -OCH3 is 1. The Bertz CT molecular complexity index is 373. The van der Waals surface area contributed by atoms with E-state index in [9.17, 15) is 5.11 Å². The second kappa shape index (κ2) is 3.86. The molecule has 0 amide bonds. The summed E-state index contributed by atoms with van der Waals surface area (Å²) in [6, 6.07) is 8.26. The summed E-state index contributed by atoms with van der Waals surface area (Å²) < 4.78 is 5.29. The molecule has 2 nitrogen and oxygen atoms in total. The zero-order valence-corrected chi connectivity index (χ0v) is 10.3. The van der Waals surface area contributed by atoms with Gasteiger partial charge in [0.15, 0.2) is 0 Å². The van der Waals surface area contributed by atoms with Gasteiger partial charge in [0.1, 0.15) is 0 Å². The summed E-state index contributed by atoms with van der Waals surface area (Å²) in [7, 11) is 1.75. The molecule has 0 radical (unpaired) electrons. The van der Waals surface area contributed by atoms with Crippen molar-refractivity contribution in [1.82, 2.24) is 0 Å². The van der Waals surface area contributed by atoms with Crippen LogP contribution in [0.2, 0.25) is 0 Å². The molecule has 2 rings (SSSR count). The summed E-state index contributed by atoms with van der Waals surface area (Å²) in [5, 5.41) is 10.00. The Morgan fingerprint density at radius 1 is 1.38 bits per heavy atom. The highest BCUT2D eigenvalue weighted by atomic mass is 16.5. The number of ether oxygens (including phenoxy) is 1. The van der Waals surface area contributed by atoms with Crippen LogP contribution in [0.3, 0.4) is 0 Å². The second-order valence-electron chi connectivity index (χ2n) is 5.35. The van der Waals surface area contributed by atoms with Crippen LogP contribution in [0.25, 0.3) is 0 Å². The minimum Gasteiger partial charge on any atom is -0.386 e. The summed E-state index contributed by atoms with van der Waals surface area (Å²) in [6.07, 6.45) is 2.38. The third-order valence-electron chi connectivity index (χ3n) is 3.46. The zero-order valence-electron chi connectivity index (χ0n) is 10.3. The first kappa shape index (κ1) is 11.6. The second-order valence-corrected chi connectivity index (χ2v) is 5.35. The Morgan fingerprint density at radius 2 is 2.06 bits per heavy atom. The van der Waals surface area contributed by atoms with Crippen LogP contribution in [0.4, 0.5) is 0 Å². The number of hydrogen-bond acceptors (Lipinski definition) is 2. The van der Waals surface area contributed by atoms with Gasteiger partial charge in [0.2, 0.25) is 0 Å². The first-order valence-electron chi connectivity index (χ1n) is 5.80. The normalized spacial score (nSPS) is 18.5. The molecule has 1 N–H and O–H groups in total. The molecule has 0 bridgehead atoms. The molecule has 1 saturated carbocycles. The van der Waals surface area contributed by atoms with E-state index in [-0.39, 0.29) is 5.41 Å². The molecule has 2 heteroatoms. The van der Waals surface area contributed by atoms with Gasteiger partial charge in [-0.1, -0.05) is 24.3 Å². The molecule has 0 atom stereocenters. The standard InChI is InChI=1S/C14H20O2/c1-13(2,15)11-5-4-6-12(9-11)14(7-8-14)10-16-3/h4-6,9,15H,7-8,10H2,1-3H3. The van der Waals surface area contributed by atoms with Gasteiger partial charge in [0, 0.05) is 12.5 Å². The Kier molecular flexibility index (Phi) is 2.81. The Labute approximate surface area is 97.3 Å². The molecule has 1 aliphatic rings. The molecule has 88 valence electrons. The first-order chi connectivity index (χ1) is 7.48. The van der Waals surface area contributed by atoms with E-state index in [0.29, 0.717) is 0 Å². The molecule has 0 saturated heterocycles. The molecule has 16 heavy (non-hydrogen) atoms. The van der Waals surface area contributed by atoms with Crippen molar-refractivity contribution in [2.24, 2.45) is 0 Å². The van der Waals surface area contributed by atoms with E-state index in [1.807, 2.05) is 26.0 Å². The van der Waals surface area contributed by atoms with Crippen molar-refractivity contribution in [1.29, 1.82) is 0 Å². The van der Waals surface area contributed by atoms with Gasteiger partial charge in [-0.3, -0.25) is 0 Å². The summed E-state index contributed by atoms with van der Waals surface area (Å²) in [5.74, 6) is 0. The van der Waals surface area contributed by atoms with Crippen molar-refractivity contribution in [2.45, 2.75) is 37.7 Å². The lowest BCUT2D eigenvalue weighted by molar-refractivity contribution is 0.0783. The zero-order chi connectivity index (χ0) is 11.8. The molecular weight excluding hydrogens is 200 g/mol. The third-order valence-corrected chi connectivity index (χ3v) is 3.46. The van der Waals surface area contributed by atoms with Gasteiger partial charge in [-0.15, -0.1) is 0 Å². The highest BCUT2D eigenvalue weighted by Gasteiger charge is 2.44. The van der Waals surface area contributed by atoms with E-state index in [0.717, 1.165) is 12.2 Å². The predicted octanol–water partition coefficient (Wildman–Crippen LogP) is 2.59. The lowest BCUT2D eigenvalue weighted by atomic mass is 9.90. The van der Waals surface area contributed by atoms with E-state index in [1.54, 1.807) is 7.11 Å². The number of rotatable bonds is 4. The molecule has 1 aromatic rings. The lowest BCUT2D eigenvalue weighted by Gasteiger charge is -2.21. The Balaban J connectivity index is 2.30. The highest BCUT2D eigenvalue weighted by molar-refractivity contribution is 5.36. The quantitative estimate of drug-likeness (QED) is 0.845. The average molecular weight is 220 g/mol. The van der Waals surface area contributed by atoms with Crippen molar-refractivity contribution >= 4 is 0 Å². The molecule has 0 spiro atoms. The van der Waals surface area contributed by atoms with E-state index >= 15 is 0 Å². The smallest absolute Gasteiger partial charge is 0.0840 e. The van der Waals surface area contributed by atoms with Crippen molar-refractivity contribution in [3.8, 4) is 0 Å². The van der Waals surface area contributed by atoms with Crippen molar-refractivity contribution < 1.29 is 9.84 Å². The summed E-state index contributed by atoms with van der Waals surface area (Å²) in [5.41, 5.74) is 1.73. The molecule has 1 aromatic carbocycles. The number of hydrogen-bond donors (Lipinski definition) is 1. The van der Waals surface area contributed by atoms with Crippen LogP contribution >= 0.6 is 0 Å². The van der Waals surface area contributed by atoms with Crippen LogP contribution < -0.4 is 0 Å². The minimum absolute atomic E-state index is 0.218. The Morgan fingerprint density at radius 3 is 2.56 bits per heavy atom. The van der Waals surface area contributed by atoms with Gasteiger partial charge < -0.3 is 9.84 Å².